The molecule has 0 aromatic heterocycles. The number of benzene rings is 4. The highest BCUT2D eigenvalue weighted by molar-refractivity contribution is 7.92. The molecule has 0 aliphatic carbocycles. The molecule has 0 unspecified atom stereocenters. The summed E-state index contributed by atoms with van der Waals surface area (Å²) in [6.45, 7) is 5.36. The number of nitrogens with one attached hydrogen (secondary N) is 1. The van der Waals surface area contributed by atoms with E-state index in [1.165, 1.54) is 17.0 Å². The summed E-state index contributed by atoms with van der Waals surface area (Å²) in [5.41, 5.74) is 3.53. The number of amides is 2. The molecule has 1 atom stereocenters. The lowest BCUT2D eigenvalue weighted by Gasteiger charge is -2.34. The molecule has 0 spiro atoms. The number of aryl methyl sites for hydroxylation is 2. The zero-order valence-corrected chi connectivity index (χ0v) is 27.2. The quantitative estimate of drug-likeness (QED) is 0.187. The predicted molar refractivity (Wildman–Crippen MR) is 177 cm³/mol. The first-order valence-corrected chi connectivity index (χ1v) is 16.4. The molecule has 0 fully saturated rings. The number of anilines is 1. The third-order valence-electron chi connectivity index (χ3n) is 7.06. The number of carbonyl (C=O) groups excluding carboxylic acids is 2. The molecular weight excluding hydrogens is 617 g/mol. The van der Waals surface area contributed by atoms with E-state index in [0.717, 1.165) is 21.0 Å². The van der Waals surface area contributed by atoms with Crippen molar-refractivity contribution in [1.82, 2.24) is 10.2 Å². The fourth-order valence-corrected chi connectivity index (χ4v) is 6.76. The second-order valence-electron chi connectivity index (χ2n) is 10.5. The number of halogens is 2. The molecule has 4 aromatic carbocycles. The van der Waals surface area contributed by atoms with Crippen LogP contribution in [0.5, 0.6) is 0 Å². The lowest BCUT2D eigenvalue weighted by Crippen LogP contribution is -2.53. The van der Waals surface area contributed by atoms with Crippen LogP contribution in [0.3, 0.4) is 0 Å². The third kappa shape index (κ3) is 8.20. The van der Waals surface area contributed by atoms with Gasteiger partial charge in [0.15, 0.2) is 0 Å². The van der Waals surface area contributed by atoms with Gasteiger partial charge in [0.1, 0.15) is 12.6 Å². The Labute approximate surface area is 269 Å². The molecule has 0 heterocycles. The molecule has 7 nitrogen and oxygen atoms in total. The van der Waals surface area contributed by atoms with E-state index in [1.54, 1.807) is 55.5 Å². The van der Waals surface area contributed by atoms with Gasteiger partial charge < -0.3 is 10.2 Å². The molecule has 4 aromatic rings. The van der Waals surface area contributed by atoms with Gasteiger partial charge in [0.25, 0.3) is 10.0 Å². The molecular formula is C34H35Cl2N3O4S. The van der Waals surface area contributed by atoms with Crippen LogP contribution < -0.4 is 9.62 Å². The van der Waals surface area contributed by atoms with Gasteiger partial charge in [-0.05, 0) is 79.4 Å². The lowest BCUT2D eigenvalue weighted by molar-refractivity contribution is -0.140. The van der Waals surface area contributed by atoms with Crippen molar-refractivity contribution in [2.75, 3.05) is 17.4 Å². The molecule has 0 radical (unpaired) electrons. The van der Waals surface area contributed by atoms with E-state index >= 15 is 0 Å². The maximum absolute atomic E-state index is 14.5. The Bertz CT molecular complexity index is 1700. The van der Waals surface area contributed by atoms with E-state index in [-0.39, 0.29) is 23.8 Å². The van der Waals surface area contributed by atoms with Crippen LogP contribution in [0.4, 0.5) is 5.69 Å². The summed E-state index contributed by atoms with van der Waals surface area (Å²) in [5.74, 6) is -0.907. The summed E-state index contributed by atoms with van der Waals surface area (Å²) in [4.78, 5) is 29.5. The summed E-state index contributed by atoms with van der Waals surface area (Å²) in [6, 6.07) is 26.8. The van der Waals surface area contributed by atoms with Crippen LogP contribution in [0.2, 0.25) is 10.0 Å². The van der Waals surface area contributed by atoms with Gasteiger partial charge in [0.2, 0.25) is 11.8 Å². The highest BCUT2D eigenvalue weighted by atomic mass is 35.5. The van der Waals surface area contributed by atoms with Gasteiger partial charge in [0.05, 0.1) is 20.6 Å². The van der Waals surface area contributed by atoms with E-state index in [9.17, 15) is 18.0 Å². The minimum atomic E-state index is -4.17. The van der Waals surface area contributed by atoms with Crippen molar-refractivity contribution >= 4 is 50.7 Å². The molecule has 10 heteroatoms. The Morgan fingerprint density at radius 1 is 0.795 bits per heavy atom. The maximum Gasteiger partial charge on any atom is 0.264 e. The number of nitrogens with zero attached hydrogens (tertiary/aromatic N) is 2. The van der Waals surface area contributed by atoms with Crippen LogP contribution >= 0.6 is 23.2 Å². The van der Waals surface area contributed by atoms with Gasteiger partial charge >= 0.3 is 0 Å². The van der Waals surface area contributed by atoms with E-state index < -0.39 is 28.5 Å². The molecule has 2 amide bonds. The van der Waals surface area contributed by atoms with Crippen LogP contribution in [0, 0.1) is 13.8 Å². The van der Waals surface area contributed by atoms with E-state index in [1.807, 2.05) is 50.2 Å². The average molecular weight is 653 g/mol. The van der Waals surface area contributed by atoms with Crippen molar-refractivity contribution in [3.63, 3.8) is 0 Å². The summed E-state index contributed by atoms with van der Waals surface area (Å²) in [6.07, 6.45) is 0.217. The lowest BCUT2D eigenvalue weighted by atomic mass is 10.0. The summed E-state index contributed by atoms with van der Waals surface area (Å²) >= 11 is 12.5. The number of hydrogen-bond donors (Lipinski definition) is 1. The first kappa shape index (κ1) is 33.1. The summed E-state index contributed by atoms with van der Waals surface area (Å²) < 4.78 is 29.3. The monoisotopic (exact) mass is 651 g/mol. The van der Waals surface area contributed by atoms with Crippen LogP contribution in [-0.2, 0) is 32.6 Å². The Morgan fingerprint density at radius 2 is 1.41 bits per heavy atom. The molecule has 0 saturated carbocycles. The van der Waals surface area contributed by atoms with E-state index in [2.05, 4.69) is 5.32 Å². The van der Waals surface area contributed by atoms with Gasteiger partial charge in [-0.1, -0.05) is 83.9 Å². The second kappa shape index (κ2) is 14.8. The Hall–Kier alpha value is -3.85. The molecule has 0 aliphatic rings. The van der Waals surface area contributed by atoms with Crippen molar-refractivity contribution in [3.8, 4) is 0 Å². The van der Waals surface area contributed by atoms with Gasteiger partial charge in [-0.25, -0.2) is 8.42 Å². The first-order valence-electron chi connectivity index (χ1n) is 14.2. The van der Waals surface area contributed by atoms with Crippen molar-refractivity contribution in [1.29, 1.82) is 0 Å². The smallest absolute Gasteiger partial charge is 0.264 e. The fourth-order valence-electron chi connectivity index (χ4n) is 5.02. The molecule has 4 rings (SSSR count). The van der Waals surface area contributed by atoms with Crippen molar-refractivity contribution in [3.05, 3.63) is 129 Å². The van der Waals surface area contributed by atoms with Crippen LogP contribution in [0.25, 0.3) is 0 Å². The Balaban J connectivity index is 1.82. The highest BCUT2D eigenvalue weighted by Crippen LogP contribution is 2.28. The van der Waals surface area contributed by atoms with Crippen LogP contribution in [0.15, 0.2) is 102 Å². The zero-order valence-electron chi connectivity index (χ0n) is 24.8. The topological polar surface area (TPSA) is 86.8 Å². The minimum absolute atomic E-state index is 0.00355. The number of likely N-dealkylation sites (N-methyl/N-ethyl adjacent to an activating group) is 1. The first-order chi connectivity index (χ1) is 21.0. The molecule has 44 heavy (non-hydrogen) atoms. The summed E-state index contributed by atoms with van der Waals surface area (Å²) in [7, 11) is -4.17. The molecule has 230 valence electrons. The van der Waals surface area contributed by atoms with Crippen LogP contribution in [0.1, 0.15) is 29.2 Å². The van der Waals surface area contributed by atoms with Crippen LogP contribution in [-0.4, -0.2) is 44.3 Å². The Kier molecular flexibility index (Phi) is 11.1. The SMILES string of the molecule is CCNC(=O)[C@@H](Cc1ccccc1)N(Cc1ccc(Cl)c(Cl)c1)C(=O)CN(c1cc(C)cc(C)c1)S(=O)(=O)c1ccccc1. The van der Waals surface area contributed by atoms with Gasteiger partial charge in [0, 0.05) is 19.5 Å². The minimum Gasteiger partial charge on any atom is -0.355 e. The average Bonchev–Trinajstić information content (AvgIpc) is 2.99. The maximum atomic E-state index is 14.5. The standard InChI is InChI=1S/C34H35Cl2N3O4S/c1-4-37-34(41)32(21-26-11-7-5-8-12-26)38(22-27-15-16-30(35)31(36)20-27)33(40)23-39(28-18-24(2)17-25(3)19-28)44(42,43)29-13-9-6-10-14-29/h5-20,32H,4,21-23H2,1-3H3,(H,37,41)/t32-/m1/s1. The number of hydrogen-bond acceptors (Lipinski definition) is 4. The van der Waals surface area contributed by atoms with Crippen molar-refractivity contribution in [2.45, 2.75) is 44.7 Å². The normalized spacial score (nSPS) is 11.9. The van der Waals surface area contributed by atoms with Crippen molar-refractivity contribution in [2.24, 2.45) is 0 Å². The summed E-state index contributed by atoms with van der Waals surface area (Å²) in [5, 5.41) is 3.51. The largest absolute Gasteiger partial charge is 0.355 e. The molecule has 0 aliphatic heterocycles. The predicted octanol–water partition coefficient (Wildman–Crippen LogP) is 6.58. The highest BCUT2D eigenvalue weighted by Gasteiger charge is 2.34. The Morgan fingerprint density at radius 3 is 2.00 bits per heavy atom. The van der Waals surface area contributed by atoms with Gasteiger partial charge in [-0.15, -0.1) is 0 Å². The number of carbonyl (C=O) groups is 2. The third-order valence-corrected chi connectivity index (χ3v) is 9.59. The van der Waals surface area contributed by atoms with Gasteiger partial charge in [-0.2, -0.15) is 0 Å². The van der Waals surface area contributed by atoms with Gasteiger partial charge in [-0.3, -0.25) is 13.9 Å². The molecule has 1 N–H and O–H groups in total. The van der Waals surface area contributed by atoms with E-state index in [0.29, 0.717) is 27.8 Å². The molecule has 0 bridgehead atoms. The number of rotatable bonds is 12. The molecule has 0 saturated heterocycles. The fraction of sp³-hybridized carbons (Fsp3) is 0.235. The van der Waals surface area contributed by atoms with Crippen molar-refractivity contribution < 1.29 is 18.0 Å². The number of sulfonamides is 1. The second-order valence-corrected chi connectivity index (χ2v) is 13.2. The zero-order chi connectivity index (χ0) is 31.9. The van der Waals surface area contributed by atoms with E-state index in [4.69, 9.17) is 23.2 Å².